The second kappa shape index (κ2) is 5.58. The molecule has 0 spiro atoms. The topological polar surface area (TPSA) is 35.5 Å². The molecule has 1 aliphatic carbocycles. The summed E-state index contributed by atoms with van der Waals surface area (Å²) in [6, 6.07) is 8.31. The van der Waals surface area contributed by atoms with Gasteiger partial charge < -0.3 is 9.47 Å². The van der Waals surface area contributed by atoms with Crippen molar-refractivity contribution in [2.75, 3.05) is 13.7 Å². The monoisotopic (exact) mass is 350 g/mol. The Hall–Kier alpha value is -1.13. The number of hydrogen-bond acceptors (Lipinski definition) is 3. The first-order valence-corrected chi connectivity index (χ1v) is 8.03. The number of fused-ring (bicyclic) bond motifs is 4. The minimum absolute atomic E-state index is 0.0125. The van der Waals surface area contributed by atoms with Gasteiger partial charge in [-0.25, -0.2) is 4.79 Å². The quantitative estimate of drug-likeness (QED) is 0.762. The van der Waals surface area contributed by atoms with Crippen LogP contribution in [0.15, 0.2) is 34.8 Å². The molecule has 1 aromatic rings. The molecule has 0 aromatic heterocycles. The van der Waals surface area contributed by atoms with Crippen molar-refractivity contribution in [3.05, 3.63) is 46.0 Å². The standard InChI is InChI=1S/C17H19BrO3/c1-11-4-3-5-12(8-11)14-9-13-6-7-21-16(19)17(14,20-2)10-15(13)18/h3-5,8,10,13-14H,6-7,9H2,1-2H3. The van der Waals surface area contributed by atoms with E-state index in [-0.39, 0.29) is 11.9 Å². The summed E-state index contributed by atoms with van der Waals surface area (Å²) < 4.78 is 12.2. The average Bonchev–Trinajstić information content (AvgIpc) is 2.46. The number of allylic oxidation sites excluding steroid dienone is 1. The van der Waals surface area contributed by atoms with Gasteiger partial charge in [0, 0.05) is 13.0 Å². The maximum atomic E-state index is 12.6. The van der Waals surface area contributed by atoms with E-state index in [1.54, 1.807) is 7.11 Å². The SMILES string of the molecule is COC12C=C(Br)C(CCOC1=O)CC2c1cccc(C)c1. The van der Waals surface area contributed by atoms with Gasteiger partial charge in [-0.2, -0.15) is 0 Å². The summed E-state index contributed by atoms with van der Waals surface area (Å²) in [6.07, 6.45) is 3.66. The van der Waals surface area contributed by atoms with Crippen molar-refractivity contribution in [3.8, 4) is 0 Å². The van der Waals surface area contributed by atoms with Gasteiger partial charge >= 0.3 is 5.97 Å². The van der Waals surface area contributed by atoms with Crippen LogP contribution < -0.4 is 0 Å². The van der Waals surface area contributed by atoms with Crippen LogP contribution in [0, 0.1) is 12.8 Å². The summed E-state index contributed by atoms with van der Waals surface area (Å²) in [7, 11) is 1.59. The van der Waals surface area contributed by atoms with Gasteiger partial charge in [0.05, 0.1) is 6.61 Å². The largest absolute Gasteiger partial charge is 0.463 e. The third-order valence-corrected chi connectivity index (χ3v) is 5.46. The first-order chi connectivity index (χ1) is 10.1. The Morgan fingerprint density at radius 1 is 1.43 bits per heavy atom. The highest BCUT2D eigenvalue weighted by Gasteiger charge is 2.51. The average molecular weight is 351 g/mol. The lowest BCUT2D eigenvalue weighted by Gasteiger charge is -2.43. The summed E-state index contributed by atoms with van der Waals surface area (Å²) in [5.41, 5.74) is 1.30. The molecule has 3 aliphatic rings. The summed E-state index contributed by atoms with van der Waals surface area (Å²) in [4.78, 5) is 12.6. The Kier molecular flexibility index (Phi) is 3.93. The van der Waals surface area contributed by atoms with E-state index in [4.69, 9.17) is 9.47 Å². The molecule has 4 heteroatoms. The third-order valence-electron chi connectivity index (χ3n) is 4.58. The number of aryl methyl sites for hydroxylation is 1. The molecule has 3 nitrogen and oxygen atoms in total. The molecule has 21 heavy (non-hydrogen) atoms. The molecule has 0 saturated carbocycles. The van der Waals surface area contributed by atoms with Crippen LogP contribution in [0.2, 0.25) is 0 Å². The number of esters is 1. The first-order valence-electron chi connectivity index (χ1n) is 7.24. The zero-order valence-corrected chi connectivity index (χ0v) is 13.9. The molecule has 112 valence electrons. The zero-order valence-electron chi connectivity index (χ0n) is 12.3. The fourth-order valence-corrected chi connectivity index (χ4v) is 4.17. The molecule has 4 rings (SSSR count). The van der Waals surface area contributed by atoms with E-state index in [0.29, 0.717) is 12.5 Å². The molecular weight excluding hydrogens is 332 g/mol. The van der Waals surface area contributed by atoms with E-state index in [1.807, 2.05) is 12.1 Å². The number of carbonyl (C=O) groups excluding carboxylic acids is 1. The van der Waals surface area contributed by atoms with E-state index in [2.05, 4.69) is 41.1 Å². The molecule has 2 aliphatic heterocycles. The normalized spacial score (nSPS) is 32.1. The fourth-order valence-electron chi connectivity index (χ4n) is 3.41. The molecule has 1 fully saturated rings. The number of benzene rings is 1. The number of halogens is 1. The minimum Gasteiger partial charge on any atom is -0.463 e. The molecule has 2 bridgehead atoms. The van der Waals surface area contributed by atoms with Crippen molar-refractivity contribution >= 4 is 21.9 Å². The predicted octanol–water partition coefficient (Wildman–Crippen LogP) is 3.71. The van der Waals surface area contributed by atoms with Crippen LogP contribution in [0.25, 0.3) is 0 Å². The molecule has 3 atom stereocenters. The van der Waals surface area contributed by atoms with Crippen LogP contribution in [-0.2, 0) is 14.3 Å². The number of rotatable bonds is 2. The van der Waals surface area contributed by atoms with Crippen LogP contribution in [0.5, 0.6) is 0 Å². The highest BCUT2D eigenvalue weighted by atomic mass is 79.9. The van der Waals surface area contributed by atoms with Gasteiger partial charge in [0.1, 0.15) is 0 Å². The number of hydrogen-bond donors (Lipinski definition) is 0. The maximum absolute atomic E-state index is 12.6. The van der Waals surface area contributed by atoms with Crippen LogP contribution in [0.1, 0.15) is 29.9 Å². The Balaban J connectivity index is 2.13. The van der Waals surface area contributed by atoms with E-state index in [9.17, 15) is 4.79 Å². The van der Waals surface area contributed by atoms with E-state index in [1.165, 1.54) is 5.56 Å². The van der Waals surface area contributed by atoms with Crippen molar-refractivity contribution in [1.29, 1.82) is 0 Å². The van der Waals surface area contributed by atoms with Gasteiger partial charge in [-0.3, -0.25) is 0 Å². The van der Waals surface area contributed by atoms with E-state index in [0.717, 1.165) is 22.9 Å². The number of ether oxygens (including phenoxy) is 2. The van der Waals surface area contributed by atoms with E-state index >= 15 is 0 Å². The highest BCUT2D eigenvalue weighted by Crippen LogP contribution is 2.48. The summed E-state index contributed by atoms with van der Waals surface area (Å²) in [5, 5.41) is 0. The van der Waals surface area contributed by atoms with Gasteiger partial charge in [0.15, 0.2) is 5.60 Å². The number of carbonyl (C=O) groups is 1. The van der Waals surface area contributed by atoms with Crippen LogP contribution in [-0.4, -0.2) is 25.3 Å². The predicted molar refractivity (Wildman–Crippen MR) is 84.4 cm³/mol. The van der Waals surface area contributed by atoms with Crippen molar-refractivity contribution in [1.82, 2.24) is 0 Å². The van der Waals surface area contributed by atoms with Gasteiger partial charge in [-0.15, -0.1) is 0 Å². The molecule has 0 N–H and O–H groups in total. The lowest BCUT2D eigenvalue weighted by Crippen LogP contribution is -2.50. The van der Waals surface area contributed by atoms with Crippen LogP contribution in [0.4, 0.5) is 0 Å². The highest BCUT2D eigenvalue weighted by molar-refractivity contribution is 9.11. The lowest BCUT2D eigenvalue weighted by atomic mass is 9.70. The second-order valence-corrected chi connectivity index (χ2v) is 6.77. The molecule has 0 amide bonds. The fraction of sp³-hybridized carbons (Fsp3) is 0.471. The molecule has 1 saturated heterocycles. The first kappa shape index (κ1) is 14.8. The molecular formula is C17H19BrO3. The Morgan fingerprint density at radius 2 is 2.24 bits per heavy atom. The van der Waals surface area contributed by atoms with Crippen molar-refractivity contribution < 1.29 is 14.3 Å². The van der Waals surface area contributed by atoms with Crippen LogP contribution in [0.3, 0.4) is 0 Å². The van der Waals surface area contributed by atoms with Gasteiger partial charge in [-0.1, -0.05) is 45.8 Å². The summed E-state index contributed by atoms with van der Waals surface area (Å²) in [6.45, 7) is 2.52. The van der Waals surface area contributed by atoms with Crippen molar-refractivity contribution in [2.24, 2.45) is 5.92 Å². The molecule has 2 heterocycles. The lowest BCUT2D eigenvalue weighted by molar-refractivity contribution is -0.169. The molecule has 3 unspecified atom stereocenters. The minimum atomic E-state index is -1.02. The summed E-state index contributed by atoms with van der Waals surface area (Å²) in [5.74, 6) is 0.0833. The molecule has 1 aromatic carbocycles. The second-order valence-electron chi connectivity index (χ2n) is 5.85. The Labute approximate surface area is 133 Å². The summed E-state index contributed by atoms with van der Waals surface area (Å²) >= 11 is 3.62. The van der Waals surface area contributed by atoms with Crippen molar-refractivity contribution in [2.45, 2.75) is 31.3 Å². The number of methoxy groups -OCH3 is 1. The van der Waals surface area contributed by atoms with Crippen molar-refractivity contribution in [3.63, 3.8) is 0 Å². The maximum Gasteiger partial charge on any atom is 0.343 e. The van der Waals surface area contributed by atoms with E-state index < -0.39 is 5.60 Å². The smallest absolute Gasteiger partial charge is 0.343 e. The van der Waals surface area contributed by atoms with Gasteiger partial charge in [0.25, 0.3) is 0 Å². The third kappa shape index (κ3) is 2.44. The Bertz CT molecular complexity index is 595. The Morgan fingerprint density at radius 3 is 2.95 bits per heavy atom. The zero-order chi connectivity index (χ0) is 15.0. The molecule has 0 radical (unpaired) electrons. The van der Waals surface area contributed by atoms with Gasteiger partial charge in [0.2, 0.25) is 0 Å². The van der Waals surface area contributed by atoms with Crippen LogP contribution >= 0.6 is 15.9 Å². The van der Waals surface area contributed by atoms with Gasteiger partial charge in [-0.05, 0) is 41.8 Å².